The molecule has 0 aliphatic carbocycles. The van der Waals surface area contributed by atoms with Crippen molar-refractivity contribution in [3.05, 3.63) is 18.2 Å². The Morgan fingerprint density at radius 2 is 1.94 bits per heavy atom. The lowest BCUT2D eigenvalue weighted by Gasteiger charge is -2.11. The van der Waals surface area contributed by atoms with Crippen LogP contribution in [0.1, 0.15) is 12.8 Å². The van der Waals surface area contributed by atoms with Gasteiger partial charge < -0.3 is 20.1 Å². The van der Waals surface area contributed by atoms with E-state index < -0.39 is 0 Å². The van der Waals surface area contributed by atoms with Gasteiger partial charge in [0.2, 0.25) is 0 Å². The topological polar surface area (TPSA) is 42.5 Å². The van der Waals surface area contributed by atoms with Crippen LogP contribution >= 0.6 is 0 Å². The van der Waals surface area contributed by atoms with E-state index in [1.54, 1.807) is 0 Å². The molecule has 1 aromatic carbocycles. The van der Waals surface area contributed by atoms with Crippen molar-refractivity contribution < 1.29 is 9.47 Å². The summed E-state index contributed by atoms with van der Waals surface area (Å²) in [6.45, 7) is 3.45. The minimum Gasteiger partial charge on any atom is -0.490 e. The number of ether oxygens (including phenoxy) is 2. The summed E-state index contributed by atoms with van der Waals surface area (Å²) in [6.07, 6.45) is 2.05. The van der Waals surface area contributed by atoms with Gasteiger partial charge in [0.25, 0.3) is 0 Å². The molecule has 0 bridgehead atoms. The van der Waals surface area contributed by atoms with E-state index in [1.165, 1.54) is 0 Å². The molecular weight excluding hydrogens is 216 g/mol. The molecule has 4 nitrogen and oxygen atoms in total. The van der Waals surface area contributed by atoms with Crippen LogP contribution in [-0.4, -0.2) is 33.4 Å². The van der Waals surface area contributed by atoms with Crippen molar-refractivity contribution >= 4 is 5.69 Å². The van der Waals surface area contributed by atoms with E-state index in [-0.39, 0.29) is 0 Å². The molecule has 0 aromatic heterocycles. The molecule has 17 heavy (non-hydrogen) atoms. The molecule has 1 aliphatic heterocycles. The summed E-state index contributed by atoms with van der Waals surface area (Å²) in [7, 11) is 1.97. The third-order valence-electron chi connectivity index (χ3n) is 2.68. The summed E-state index contributed by atoms with van der Waals surface area (Å²) < 4.78 is 11.2. The minimum absolute atomic E-state index is 0.732. The first kappa shape index (κ1) is 12.0. The van der Waals surface area contributed by atoms with Crippen LogP contribution in [0.3, 0.4) is 0 Å². The van der Waals surface area contributed by atoms with Gasteiger partial charge in [0.1, 0.15) is 0 Å². The highest BCUT2D eigenvalue weighted by Gasteiger charge is 2.10. The minimum atomic E-state index is 0.732. The van der Waals surface area contributed by atoms with Gasteiger partial charge in [0, 0.05) is 24.7 Å². The number of nitrogens with one attached hydrogen (secondary N) is 2. The summed E-state index contributed by atoms with van der Waals surface area (Å²) in [5, 5.41) is 6.50. The zero-order chi connectivity index (χ0) is 11.9. The van der Waals surface area contributed by atoms with Crippen molar-refractivity contribution in [2.24, 2.45) is 0 Å². The summed E-state index contributed by atoms with van der Waals surface area (Å²) in [4.78, 5) is 0. The smallest absolute Gasteiger partial charge is 0.163 e. The predicted octanol–water partition coefficient (Wildman–Crippen LogP) is 1.87. The van der Waals surface area contributed by atoms with Gasteiger partial charge in [0.05, 0.1) is 13.2 Å². The molecule has 0 fully saturated rings. The largest absolute Gasteiger partial charge is 0.490 e. The zero-order valence-electron chi connectivity index (χ0n) is 10.3. The second kappa shape index (κ2) is 6.35. The monoisotopic (exact) mass is 236 g/mol. The Morgan fingerprint density at radius 3 is 2.76 bits per heavy atom. The van der Waals surface area contributed by atoms with E-state index in [0.717, 1.165) is 56.3 Å². The van der Waals surface area contributed by atoms with Crippen molar-refractivity contribution in [2.45, 2.75) is 12.8 Å². The van der Waals surface area contributed by atoms with E-state index in [4.69, 9.17) is 9.47 Å². The third-order valence-corrected chi connectivity index (χ3v) is 2.68. The highest BCUT2D eigenvalue weighted by molar-refractivity contribution is 5.54. The first-order valence-corrected chi connectivity index (χ1v) is 6.18. The Morgan fingerprint density at radius 1 is 1.12 bits per heavy atom. The van der Waals surface area contributed by atoms with E-state index in [2.05, 4.69) is 10.6 Å². The Kier molecular flexibility index (Phi) is 4.50. The summed E-state index contributed by atoms with van der Waals surface area (Å²) in [5.41, 5.74) is 1.09. The molecule has 0 radical (unpaired) electrons. The highest BCUT2D eigenvalue weighted by atomic mass is 16.5. The van der Waals surface area contributed by atoms with E-state index in [9.17, 15) is 0 Å². The van der Waals surface area contributed by atoms with Crippen LogP contribution in [-0.2, 0) is 0 Å². The molecular formula is C13H20N2O2. The molecule has 0 atom stereocenters. The fraction of sp³-hybridized carbons (Fsp3) is 0.538. The highest BCUT2D eigenvalue weighted by Crippen LogP contribution is 2.32. The standard InChI is InChI=1S/C13H20N2O2/c1-14-6-2-7-15-11-4-5-12-13(10-11)17-9-3-8-16-12/h4-5,10,14-15H,2-3,6-9H2,1H3. The van der Waals surface area contributed by atoms with Crippen LogP contribution < -0.4 is 20.1 Å². The Bertz CT molecular complexity index is 355. The van der Waals surface area contributed by atoms with Crippen LogP contribution in [0.4, 0.5) is 5.69 Å². The third kappa shape index (κ3) is 3.53. The lowest BCUT2D eigenvalue weighted by Crippen LogP contribution is -2.12. The summed E-state index contributed by atoms with van der Waals surface area (Å²) in [5.74, 6) is 1.70. The van der Waals surface area contributed by atoms with Crippen molar-refractivity contribution in [2.75, 3.05) is 38.7 Å². The average Bonchev–Trinajstić information content (AvgIpc) is 2.59. The molecule has 0 saturated carbocycles. The Hall–Kier alpha value is -1.42. The zero-order valence-corrected chi connectivity index (χ0v) is 10.3. The molecule has 0 amide bonds. The maximum absolute atomic E-state index is 5.64. The van der Waals surface area contributed by atoms with Gasteiger partial charge in [-0.2, -0.15) is 0 Å². The SMILES string of the molecule is CNCCCNc1ccc2c(c1)OCCCO2. The van der Waals surface area contributed by atoms with Crippen LogP contribution in [0.2, 0.25) is 0 Å². The number of rotatable bonds is 5. The molecule has 2 rings (SSSR count). The molecule has 0 unspecified atom stereocenters. The molecule has 1 aliphatic rings. The fourth-order valence-electron chi connectivity index (χ4n) is 1.77. The lowest BCUT2D eigenvalue weighted by atomic mass is 10.2. The molecule has 0 saturated heterocycles. The summed E-state index contributed by atoms with van der Waals surface area (Å²) in [6, 6.07) is 6.02. The Balaban J connectivity index is 1.93. The van der Waals surface area contributed by atoms with Gasteiger partial charge in [0.15, 0.2) is 11.5 Å². The maximum atomic E-state index is 5.64. The van der Waals surface area contributed by atoms with Crippen molar-refractivity contribution in [3.63, 3.8) is 0 Å². The van der Waals surface area contributed by atoms with Gasteiger partial charge in [-0.1, -0.05) is 0 Å². The van der Waals surface area contributed by atoms with Crippen molar-refractivity contribution in [1.82, 2.24) is 5.32 Å². The summed E-state index contributed by atoms with van der Waals surface area (Å²) >= 11 is 0. The number of benzene rings is 1. The van der Waals surface area contributed by atoms with E-state index in [0.29, 0.717) is 0 Å². The second-order valence-electron chi connectivity index (χ2n) is 4.10. The normalized spacial score (nSPS) is 14.2. The second-order valence-corrected chi connectivity index (χ2v) is 4.10. The first-order chi connectivity index (χ1) is 8.40. The van der Waals surface area contributed by atoms with Gasteiger partial charge in [-0.25, -0.2) is 0 Å². The van der Waals surface area contributed by atoms with Crippen LogP contribution in [0.5, 0.6) is 11.5 Å². The number of fused-ring (bicyclic) bond motifs is 1. The molecule has 4 heteroatoms. The average molecular weight is 236 g/mol. The Labute approximate surface area is 102 Å². The molecule has 0 spiro atoms. The van der Waals surface area contributed by atoms with Crippen LogP contribution in [0.25, 0.3) is 0 Å². The van der Waals surface area contributed by atoms with Crippen LogP contribution in [0, 0.1) is 0 Å². The van der Waals surface area contributed by atoms with Crippen molar-refractivity contribution in [1.29, 1.82) is 0 Å². The molecule has 1 heterocycles. The van der Waals surface area contributed by atoms with Crippen LogP contribution in [0.15, 0.2) is 18.2 Å². The quantitative estimate of drug-likeness (QED) is 0.766. The fourth-order valence-corrected chi connectivity index (χ4v) is 1.77. The van der Waals surface area contributed by atoms with Gasteiger partial charge in [-0.05, 0) is 32.1 Å². The number of anilines is 1. The number of hydrogen-bond donors (Lipinski definition) is 2. The van der Waals surface area contributed by atoms with Crippen molar-refractivity contribution in [3.8, 4) is 11.5 Å². The maximum Gasteiger partial charge on any atom is 0.163 e. The van der Waals surface area contributed by atoms with E-state index >= 15 is 0 Å². The predicted molar refractivity (Wildman–Crippen MR) is 69.1 cm³/mol. The molecule has 2 N–H and O–H groups in total. The number of hydrogen-bond acceptors (Lipinski definition) is 4. The van der Waals surface area contributed by atoms with E-state index in [1.807, 2.05) is 25.2 Å². The lowest BCUT2D eigenvalue weighted by molar-refractivity contribution is 0.297. The molecule has 1 aromatic rings. The molecule has 94 valence electrons. The van der Waals surface area contributed by atoms with Gasteiger partial charge in [-0.3, -0.25) is 0 Å². The first-order valence-electron chi connectivity index (χ1n) is 6.18. The van der Waals surface area contributed by atoms with Gasteiger partial charge >= 0.3 is 0 Å². The van der Waals surface area contributed by atoms with Gasteiger partial charge in [-0.15, -0.1) is 0 Å².